The fourth-order valence-corrected chi connectivity index (χ4v) is 5.62. The smallest absolute Gasteiger partial charge is 0.219 e. The summed E-state index contributed by atoms with van der Waals surface area (Å²) in [6.07, 6.45) is 0.701. The van der Waals surface area contributed by atoms with Gasteiger partial charge in [0.25, 0.3) is 0 Å². The van der Waals surface area contributed by atoms with Crippen LogP contribution in [0.25, 0.3) is 0 Å². The number of ether oxygens (including phenoxy) is 1. The maximum Gasteiger partial charge on any atom is 0.219 e. The molecule has 0 heterocycles. The zero-order valence-corrected chi connectivity index (χ0v) is 22.3. The molecular weight excluding hydrogens is 496 g/mol. The van der Waals surface area contributed by atoms with Gasteiger partial charge in [-0.15, -0.1) is 25.3 Å². The number of rotatable bonds is 12. The van der Waals surface area contributed by atoms with E-state index in [0.29, 0.717) is 0 Å². The van der Waals surface area contributed by atoms with Crippen LogP contribution >= 0.6 is 25.3 Å². The van der Waals surface area contributed by atoms with Gasteiger partial charge in [0.05, 0.1) is 12.0 Å². The molecule has 0 fully saturated rings. The van der Waals surface area contributed by atoms with Gasteiger partial charge in [-0.2, -0.15) is 0 Å². The number of hydrogen-bond acceptors (Lipinski definition) is 3. The normalized spacial score (nSPS) is 13.0. The highest BCUT2D eigenvalue weighted by Crippen LogP contribution is 2.47. The molecule has 0 N–H and O–H groups in total. The minimum absolute atomic E-state index is 0.145. The lowest BCUT2D eigenvalue weighted by Gasteiger charge is -2.47. The van der Waals surface area contributed by atoms with Crippen LogP contribution in [-0.4, -0.2) is 15.8 Å². The largest absolute Gasteiger partial charge is 0.360 e. The lowest BCUT2D eigenvalue weighted by atomic mass is 9.63. The van der Waals surface area contributed by atoms with Gasteiger partial charge in [-0.05, 0) is 35.1 Å². The molecule has 0 saturated carbocycles. The lowest BCUT2D eigenvalue weighted by Crippen LogP contribution is -2.61. The van der Waals surface area contributed by atoms with E-state index in [1.807, 2.05) is 121 Å². The summed E-state index contributed by atoms with van der Waals surface area (Å²) in [6.45, 7) is 0.145. The van der Waals surface area contributed by atoms with Crippen molar-refractivity contribution in [3.8, 4) is 0 Å². The summed E-state index contributed by atoms with van der Waals surface area (Å²) in [5.74, 6) is 0. The Balaban J connectivity index is 1.93. The van der Waals surface area contributed by atoms with Crippen molar-refractivity contribution < 1.29 is 14.3 Å². The van der Waals surface area contributed by atoms with Crippen molar-refractivity contribution >= 4 is 35.5 Å². The first-order valence-corrected chi connectivity index (χ1v) is 13.1. The summed E-state index contributed by atoms with van der Waals surface area (Å²) in [5.41, 5.74) is 0.653. The van der Waals surface area contributed by atoms with Crippen molar-refractivity contribution in [3.63, 3.8) is 0 Å². The average molecular weight is 527 g/mol. The van der Waals surface area contributed by atoms with Gasteiger partial charge in [0.15, 0.2) is 10.7 Å². The van der Waals surface area contributed by atoms with Crippen LogP contribution in [0.2, 0.25) is 0 Å². The zero-order chi connectivity index (χ0) is 26.1. The molecule has 1 atom stereocenters. The van der Waals surface area contributed by atoms with E-state index in [0.717, 1.165) is 22.3 Å². The van der Waals surface area contributed by atoms with E-state index in [9.17, 15) is 9.59 Å². The van der Waals surface area contributed by atoms with Crippen LogP contribution in [-0.2, 0) is 40.2 Å². The zero-order valence-electron chi connectivity index (χ0n) is 20.5. The fourth-order valence-electron chi connectivity index (χ4n) is 4.93. The minimum atomic E-state index is -1.60. The Kier molecular flexibility index (Phi) is 9.04. The van der Waals surface area contributed by atoms with Gasteiger partial charge in [-0.1, -0.05) is 121 Å². The number of benzene rings is 4. The molecule has 3 nitrogen and oxygen atoms in total. The Labute approximate surface area is 229 Å². The summed E-state index contributed by atoms with van der Waals surface area (Å²) >= 11 is 8.90. The van der Waals surface area contributed by atoms with E-state index < -0.39 is 21.2 Å². The summed E-state index contributed by atoms with van der Waals surface area (Å²) in [4.78, 5) is 27.6. The number of hydrogen-bond donors (Lipinski definition) is 2. The summed E-state index contributed by atoms with van der Waals surface area (Å²) in [5, 5.41) is -0.909. The molecule has 37 heavy (non-hydrogen) atoms. The highest BCUT2D eigenvalue weighted by Gasteiger charge is 2.60. The van der Waals surface area contributed by atoms with Gasteiger partial charge in [-0.3, -0.25) is 9.59 Å². The highest BCUT2D eigenvalue weighted by atomic mass is 32.1. The van der Waals surface area contributed by atoms with Gasteiger partial charge in [0.1, 0.15) is 0 Å². The van der Waals surface area contributed by atoms with Gasteiger partial charge >= 0.3 is 0 Å². The van der Waals surface area contributed by atoms with Crippen LogP contribution in [0.1, 0.15) is 22.3 Å². The van der Waals surface area contributed by atoms with Crippen molar-refractivity contribution in [2.75, 3.05) is 0 Å². The molecule has 0 amide bonds. The van der Waals surface area contributed by atoms with Crippen molar-refractivity contribution in [1.29, 1.82) is 0 Å². The maximum absolute atomic E-state index is 13.8. The van der Waals surface area contributed by atoms with E-state index >= 15 is 0 Å². The third-order valence-corrected chi connectivity index (χ3v) is 7.64. The minimum Gasteiger partial charge on any atom is -0.360 e. The molecule has 0 saturated heterocycles. The molecule has 0 radical (unpaired) electrons. The summed E-state index contributed by atoms with van der Waals surface area (Å²) in [7, 11) is 0. The second-order valence-electron chi connectivity index (χ2n) is 9.28. The molecule has 0 spiro atoms. The summed E-state index contributed by atoms with van der Waals surface area (Å²) in [6, 6.07) is 38.7. The Morgan fingerprint density at radius 3 is 1.22 bits per heavy atom. The van der Waals surface area contributed by atoms with Crippen molar-refractivity contribution in [2.45, 2.75) is 31.5 Å². The predicted molar refractivity (Wildman–Crippen MR) is 155 cm³/mol. The second-order valence-corrected chi connectivity index (χ2v) is 10.1. The van der Waals surface area contributed by atoms with Crippen LogP contribution in [0.15, 0.2) is 121 Å². The fraction of sp³-hybridized carbons (Fsp3) is 0.188. The van der Waals surface area contributed by atoms with Gasteiger partial charge in [-0.25, -0.2) is 0 Å². The van der Waals surface area contributed by atoms with E-state index in [1.54, 1.807) is 0 Å². The van der Waals surface area contributed by atoms with E-state index in [4.69, 9.17) is 4.74 Å². The third-order valence-electron chi connectivity index (χ3n) is 6.85. The number of carbonyl (C=O) groups excluding carboxylic acids is 2. The van der Waals surface area contributed by atoms with Crippen LogP contribution in [0, 0.1) is 5.41 Å². The monoisotopic (exact) mass is 526 g/mol. The Morgan fingerprint density at radius 2 is 0.865 bits per heavy atom. The second kappa shape index (κ2) is 12.4. The van der Waals surface area contributed by atoms with Crippen molar-refractivity contribution in [1.82, 2.24) is 0 Å². The standard InChI is InChI=1S/C32H30O3S2/c33-29(36)31(21-25-13-5-1-6-14-25,22-26-15-7-2-8-16-26)32(30(34)37,23-27-17-9-3-10-18-27)35-24-28-19-11-4-12-20-28/h1-20H,21-24H2,(H,33,36)(H,34,37). The quantitative estimate of drug-likeness (QED) is 0.205. The van der Waals surface area contributed by atoms with Gasteiger partial charge in [0.2, 0.25) is 5.12 Å². The number of carbonyl (C=O) groups is 2. The number of thiol groups is 2. The van der Waals surface area contributed by atoms with Crippen LogP contribution < -0.4 is 0 Å². The van der Waals surface area contributed by atoms with Gasteiger partial charge < -0.3 is 4.74 Å². The maximum atomic E-state index is 13.8. The van der Waals surface area contributed by atoms with Crippen molar-refractivity contribution in [2.24, 2.45) is 5.41 Å². The highest BCUT2D eigenvalue weighted by molar-refractivity contribution is 7.97. The molecule has 5 heteroatoms. The van der Waals surface area contributed by atoms with Gasteiger partial charge in [0, 0.05) is 6.42 Å². The molecule has 0 aliphatic heterocycles. The molecule has 4 aromatic carbocycles. The Hall–Kier alpha value is -3.12. The third kappa shape index (κ3) is 6.24. The molecular formula is C32H30O3S2. The molecule has 0 aliphatic carbocycles. The Bertz CT molecular complexity index is 1250. The molecule has 0 bridgehead atoms. The summed E-state index contributed by atoms with van der Waals surface area (Å²) < 4.78 is 6.66. The molecule has 4 aromatic rings. The molecule has 4 rings (SSSR count). The van der Waals surface area contributed by atoms with E-state index in [-0.39, 0.29) is 25.9 Å². The molecule has 188 valence electrons. The first kappa shape index (κ1) is 26.9. The molecule has 0 aromatic heterocycles. The van der Waals surface area contributed by atoms with Crippen LogP contribution in [0.3, 0.4) is 0 Å². The topological polar surface area (TPSA) is 43.4 Å². The first-order valence-electron chi connectivity index (χ1n) is 12.2. The predicted octanol–water partition coefficient (Wildman–Crippen LogP) is 6.57. The SMILES string of the molecule is O=C(S)C(Cc1ccccc1)(Cc1ccccc1)C(Cc1ccccc1)(OCc1ccccc1)C(=O)S. The van der Waals surface area contributed by atoms with E-state index in [1.165, 1.54) is 0 Å². The average Bonchev–Trinajstić information content (AvgIpc) is 2.92. The van der Waals surface area contributed by atoms with E-state index in [2.05, 4.69) is 25.3 Å². The Morgan fingerprint density at radius 1 is 0.514 bits per heavy atom. The lowest BCUT2D eigenvalue weighted by molar-refractivity contribution is -0.169. The van der Waals surface area contributed by atoms with Crippen LogP contribution in [0.4, 0.5) is 0 Å². The molecule has 0 aliphatic rings. The first-order chi connectivity index (χ1) is 17.9. The van der Waals surface area contributed by atoms with Crippen LogP contribution in [0.5, 0.6) is 0 Å². The van der Waals surface area contributed by atoms with Crippen molar-refractivity contribution in [3.05, 3.63) is 144 Å². The molecule has 1 unspecified atom stereocenters.